The van der Waals surface area contributed by atoms with E-state index in [2.05, 4.69) is 53.8 Å². The number of imidazole rings is 1. The van der Waals surface area contributed by atoms with E-state index in [0.717, 1.165) is 9.13 Å². The van der Waals surface area contributed by atoms with Crippen LogP contribution in [-0.4, -0.2) is 15.9 Å². The van der Waals surface area contributed by atoms with Crippen molar-refractivity contribution in [1.82, 2.24) is 9.97 Å². The van der Waals surface area contributed by atoms with Crippen LogP contribution < -0.4 is 11.1 Å². The molecular weight excluding hydrogens is 598 g/mol. The molecular formula is C22H14BrClFIN4O. The Morgan fingerprint density at radius 3 is 2.61 bits per heavy atom. The van der Waals surface area contributed by atoms with E-state index in [9.17, 15) is 9.18 Å². The van der Waals surface area contributed by atoms with E-state index in [4.69, 9.17) is 17.3 Å². The number of aromatic amines is 1. The molecule has 0 saturated heterocycles. The number of hydrogen-bond acceptors (Lipinski definition) is 3. The van der Waals surface area contributed by atoms with Gasteiger partial charge in [-0.25, -0.2) is 9.37 Å². The summed E-state index contributed by atoms with van der Waals surface area (Å²) in [7, 11) is 0. The van der Waals surface area contributed by atoms with E-state index in [-0.39, 0.29) is 16.5 Å². The van der Waals surface area contributed by atoms with Crippen molar-refractivity contribution < 1.29 is 9.18 Å². The summed E-state index contributed by atoms with van der Waals surface area (Å²) in [6.07, 6.45) is 0. The van der Waals surface area contributed by atoms with Crippen LogP contribution >= 0.6 is 50.1 Å². The van der Waals surface area contributed by atoms with Crippen LogP contribution in [0.1, 0.15) is 10.4 Å². The number of nitrogens with one attached hydrogen (secondary N) is 2. The van der Waals surface area contributed by atoms with Crippen molar-refractivity contribution in [1.29, 1.82) is 0 Å². The summed E-state index contributed by atoms with van der Waals surface area (Å²) in [5.41, 5.74) is 8.96. The first-order chi connectivity index (χ1) is 14.8. The summed E-state index contributed by atoms with van der Waals surface area (Å²) < 4.78 is 15.8. The molecule has 0 unspecified atom stereocenters. The minimum atomic E-state index is -0.470. The number of carbonyl (C=O) groups excluding carboxylic acids is 1. The molecule has 31 heavy (non-hydrogen) atoms. The van der Waals surface area contributed by atoms with Crippen molar-refractivity contribution in [2.75, 3.05) is 11.1 Å². The number of nitrogens with two attached hydrogens (primary N) is 1. The number of benzene rings is 3. The van der Waals surface area contributed by atoms with Crippen LogP contribution in [-0.2, 0) is 0 Å². The minimum Gasteiger partial charge on any atom is -0.397 e. The fourth-order valence-electron chi connectivity index (χ4n) is 3.00. The Bertz CT molecular complexity index is 1270. The second-order valence-corrected chi connectivity index (χ2v) is 9.05. The Kier molecular flexibility index (Phi) is 6.31. The average molecular weight is 612 g/mol. The first kappa shape index (κ1) is 21.8. The number of halogens is 4. The van der Waals surface area contributed by atoms with Gasteiger partial charge in [0.25, 0.3) is 5.91 Å². The predicted octanol–water partition coefficient (Wildman–Crippen LogP) is 6.74. The molecule has 0 aliphatic heterocycles. The lowest BCUT2D eigenvalue weighted by molar-refractivity contribution is 0.102. The van der Waals surface area contributed by atoms with Crippen LogP contribution in [0, 0.1) is 9.39 Å². The minimum absolute atomic E-state index is 0.196. The van der Waals surface area contributed by atoms with E-state index >= 15 is 0 Å². The maximum atomic E-state index is 14.2. The van der Waals surface area contributed by atoms with E-state index in [1.807, 2.05) is 6.07 Å². The topological polar surface area (TPSA) is 83.8 Å². The van der Waals surface area contributed by atoms with Gasteiger partial charge in [-0.15, -0.1) is 0 Å². The highest BCUT2D eigenvalue weighted by molar-refractivity contribution is 14.1. The Morgan fingerprint density at radius 1 is 1.16 bits per heavy atom. The summed E-state index contributed by atoms with van der Waals surface area (Å²) >= 11 is 11.7. The van der Waals surface area contributed by atoms with Crippen LogP contribution in [0.15, 0.2) is 65.3 Å². The number of hydrogen-bond donors (Lipinski definition) is 3. The average Bonchev–Trinajstić information content (AvgIpc) is 3.12. The summed E-state index contributed by atoms with van der Waals surface area (Å²) in [6.45, 7) is 0. The predicted molar refractivity (Wildman–Crippen MR) is 134 cm³/mol. The van der Waals surface area contributed by atoms with Crippen LogP contribution in [0.3, 0.4) is 0 Å². The Labute approximate surface area is 204 Å². The molecule has 1 heterocycles. The Morgan fingerprint density at radius 2 is 1.90 bits per heavy atom. The highest BCUT2D eigenvalue weighted by Crippen LogP contribution is 2.34. The largest absolute Gasteiger partial charge is 0.397 e. The van der Waals surface area contributed by atoms with Gasteiger partial charge < -0.3 is 16.0 Å². The standard InChI is InChI=1S/C22H14BrClFIN4O/c23-20-19(29-21(30-20)18-14(24)2-1-3-15(18)25)11-4-6-12(7-5-11)22(31)28-17-10-13(26)8-9-16(17)27/h1-10H,27H2,(H,28,31)(H,29,30). The van der Waals surface area contributed by atoms with Gasteiger partial charge in [0, 0.05) is 14.7 Å². The van der Waals surface area contributed by atoms with E-state index < -0.39 is 5.82 Å². The van der Waals surface area contributed by atoms with Gasteiger partial charge in [0.15, 0.2) is 0 Å². The molecule has 5 nitrogen and oxygen atoms in total. The van der Waals surface area contributed by atoms with Gasteiger partial charge in [-0.05, 0) is 81.0 Å². The zero-order chi connectivity index (χ0) is 22.1. The molecule has 4 aromatic rings. The van der Waals surface area contributed by atoms with Crippen molar-refractivity contribution in [2.24, 2.45) is 0 Å². The van der Waals surface area contributed by atoms with Crippen molar-refractivity contribution in [3.63, 3.8) is 0 Å². The quantitative estimate of drug-likeness (QED) is 0.177. The first-order valence-corrected chi connectivity index (χ1v) is 11.2. The molecule has 0 aliphatic rings. The summed E-state index contributed by atoms with van der Waals surface area (Å²) in [4.78, 5) is 20.1. The number of rotatable bonds is 4. The van der Waals surface area contributed by atoms with Gasteiger partial charge in [0.2, 0.25) is 0 Å². The van der Waals surface area contributed by atoms with Crippen molar-refractivity contribution in [3.8, 4) is 22.6 Å². The fraction of sp³-hybridized carbons (Fsp3) is 0. The second kappa shape index (κ2) is 8.97. The van der Waals surface area contributed by atoms with Crippen LogP contribution in [0.5, 0.6) is 0 Å². The lowest BCUT2D eigenvalue weighted by Crippen LogP contribution is -2.13. The van der Waals surface area contributed by atoms with Gasteiger partial charge in [-0.2, -0.15) is 0 Å². The molecule has 4 N–H and O–H groups in total. The molecule has 4 rings (SSSR count). The summed E-state index contributed by atoms with van der Waals surface area (Å²) in [6, 6.07) is 16.8. The highest BCUT2D eigenvalue weighted by atomic mass is 127. The smallest absolute Gasteiger partial charge is 0.255 e. The molecule has 9 heteroatoms. The summed E-state index contributed by atoms with van der Waals surface area (Å²) in [5.74, 6) is -0.441. The van der Waals surface area contributed by atoms with Gasteiger partial charge in [0.05, 0.1) is 22.0 Å². The third-order valence-corrected chi connectivity index (χ3v) is 6.10. The van der Waals surface area contributed by atoms with Crippen LogP contribution in [0.25, 0.3) is 22.6 Å². The van der Waals surface area contributed by atoms with E-state index in [1.165, 1.54) is 12.1 Å². The maximum Gasteiger partial charge on any atom is 0.255 e. The SMILES string of the molecule is Nc1ccc(I)cc1NC(=O)c1ccc(-c2nc(-c3c(F)cccc3Cl)[nH]c2Br)cc1. The Hall–Kier alpha value is -2.43. The van der Waals surface area contributed by atoms with Gasteiger partial charge in [0.1, 0.15) is 21.9 Å². The maximum absolute atomic E-state index is 14.2. The molecule has 3 aromatic carbocycles. The van der Waals surface area contributed by atoms with Crippen LogP contribution in [0.2, 0.25) is 5.02 Å². The molecule has 0 bridgehead atoms. The zero-order valence-corrected chi connectivity index (χ0v) is 20.2. The van der Waals surface area contributed by atoms with Crippen molar-refractivity contribution >= 4 is 67.4 Å². The number of nitrogens with zero attached hydrogens (tertiary/aromatic N) is 1. The number of anilines is 2. The van der Waals surface area contributed by atoms with Crippen molar-refractivity contribution in [2.45, 2.75) is 0 Å². The van der Waals surface area contributed by atoms with Crippen LogP contribution in [0.4, 0.5) is 15.8 Å². The molecule has 0 radical (unpaired) electrons. The van der Waals surface area contributed by atoms with Gasteiger partial charge in [-0.1, -0.05) is 29.8 Å². The first-order valence-electron chi connectivity index (χ1n) is 9.00. The fourth-order valence-corrected chi connectivity index (χ4v) is 4.25. The number of carbonyl (C=O) groups is 1. The molecule has 0 fully saturated rings. The molecule has 1 amide bonds. The van der Waals surface area contributed by atoms with E-state index in [0.29, 0.717) is 33.1 Å². The highest BCUT2D eigenvalue weighted by Gasteiger charge is 2.17. The third-order valence-electron chi connectivity index (χ3n) is 4.54. The molecule has 0 saturated carbocycles. The second-order valence-electron chi connectivity index (χ2n) is 6.61. The van der Waals surface area contributed by atoms with Gasteiger partial charge in [-0.3, -0.25) is 4.79 Å². The molecule has 0 atom stereocenters. The lowest BCUT2D eigenvalue weighted by Gasteiger charge is -2.09. The summed E-state index contributed by atoms with van der Waals surface area (Å²) in [5, 5.41) is 3.08. The molecule has 0 spiro atoms. The number of aromatic nitrogens is 2. The van der Waals surface area contributed by atoms with Crippen molar-refractivity contribution in [3.05, 3.63) is 85.2 Å². The van der Waals surface area contributed by atoms with Gasteiger partial charge >= 0.3 is 0 Å². The third kappa shape index (κ3) is 4.60. The molecule has 1 aromatic heterocycles. The van der Waals surface area contributed by atoms with E-state index in [1.54, 1.807) is 42.5 Å². The zero-order valence-electron chi connectivity index (χ0n) is 15.7. The molecule has 156 valence electrons. The monoisotopic (exact) mass is 610 g/mol. The molecule has 0 aliphatic carbocycles. The number of nitrogen functional groups attached to an aromatic ring is 1. The lowest BCUT2D eigenvalue weighted by atomic mass is 10.1. The number of H-pyrrole nitrogens is 1. The number of amides is 1. The Balaban J connectivity index is 1.59. The normalized spacial score (nSPS) is 10.8.